The highest BCUT2D eigenvalue weighted by Crippen LogP contribution is 2.45. The van der Waals surface area contributed by atoms with Gasteiger partial charge in [-0.3, -0.25) is 0 Å². The standard InChI is InChI=1S/C14H17N3O/c1-3-17-13(18)16-12(15)14(17)7-6-10-5-4-9(2)8-11(10)14/h4-5,8H,3,6-7H2,1-2H3,(H2,15,16,18). The molecule has 3 rings (SSSR count). The van der Waals surface area contributed by atoms with Crippen molar-refractivity contribution in [2.75, 3.05) is 6.54 Å². The lowest BCUT2D eigenvalue weighted by molar-refractivity contribution is 0.175. The van der Waals surface area contributed by atoms with Gasteiger partial charge in [0, 0.05) is 6.54 Å². The van der Waals surface area contributed by atoms with Gasteiger partial charge in [-0.05, 0) is 37.8 Å². The molecule has 4 heteroatoms. The Morgan fingerprint density at radius 1 is 1.50 bits per heavy atom. The van der Waals surface area contributed by atoms with Crippen LogP contribution in [0.3, 0.4) is 0 Å². The smallest absolute Gasteiger partial charge is 0.346 e. The molecule has 0 saturated carbocycles. The van der Waals surface area contributed by atoms with Gasteiger partial charge in [-0.2, -0.15) is 4.99 Å². The van der Waals surface area contributed by atoms with Crippen molar-refractivity contribution in [3.63, 3.8) is 0 Å². The number of amidine groups is 1. The summed E-state index contributed by atoms with van der Waals surface area (Å²) in [7, 11) is 0. The third-order valence-corrected chi connectivity index (χ3v) is 4.11. The Morgan fingerprint density at radius 2 is 2.28 bits per heavy atom. The Kier molecular flexibility index (Phi) is 2.24. The van der Waals surface area contributed by atoms with Crippen molar-refractivity contribution < 1.29 is 4.79 Å². The van der Waals surface area contributed by atoms with E-state index in [1.54, 1.807) is 4.90 Å². The monoisotopic (exact) mass is 243 g/mol. The minimum Gasteiger partial charge on any atom is -0.385 e. The van der Waals surface area contributed by atoms with Crippen molar-refractivity contribution >= 4 is 11.9 Å². The van der Waals surface area contributed by atoms with E-state index in [-0.39, 0.29) is 6.03 Å². The van der Waals surface area contributed by atoms with Gasteiger partial charge < -0.3 is 10.6 Å². The maximum atomic E-state index is 11.9. The number of nitrogens with two attached hydrogens (primary N) is 1. The molecule has 2 amide bonds. The van der Waals surface area contributed by atoms with Gasteiger partial charge in [0.25, 0.3) is 0 Å². The summed E-state index contributed by atoms with van der Waals surface area (Å²) in [6.45, 7) is 4.67. The molecule has 0 saturated heterocycles. The molecule has 1 aromatic rings. The molecule has 94 valence electrons. The van der Waals surface area contributed by atoms with Crippen LogP contribution in [0.25, 0.3) is 0 Å². The van der Waals surface area contributed by atoms with Gasteiger partial charge in [0.15, 0.2) is 0 Å². The Balaban J connectivity index is 2.22. The van der Waals surface area contributed by atoms with Crippen molar-refractivity contribution in [1.29, 1.82) is 0 Å². The number of aryl methyl sites for hydroxylation is 2. The number of likely N-dealkylation sites (N-methyl/N-ethyl adjacent to an activating group) is 1. The number of aliphatic imine (C=N–C) groups is 1. The zero-order valence-corrected chi connectivity index (χ0v) is 10.7. The molecule has 1 unspecified atom stereocenters. The van der Waals surface area contributed by atoms with E-state index in [2.05, 4.69) is 30.1 Å². The molecule has 1 aliphatic carbocycles. The molecule has 0 fully saturated rings. The quantitative estimate of drug-likeness (QED) is 0.819. The zero-order chi connectivity index (χ0) is 12.9. The van der Waals surface area contributed by atoms with Crippen molar-refractivity contribution in [2.45, 2.75) is 32.2 Å². The van der Waals surface area contributed by atoms with E-state index in [0.29, 0.717) is 12.4 Å². The van der Waals surface area contributed by atoms with Crippen LogP contribution in [0.15, 0.2) is 23.2 Å². The lowest BCUT2D eigenvalue weighted by atomic mass is 9.88. The van der Waals surface area contributed by atoms with Crippen LogP contribution >= 0.6 is 0 Å². The summed E-state index contributed by atoms with van der Waals surface area (Å²) >= 11 is 0. The molecule has 2 aliphatic rings. The third-order valence-electron chi connectivity index (χ3n) is 4.11. The normalized spacial score (nSPS) is 25.8. The van der Waals surface area contributed by atoms with Crippen LogP contribution in [0.2, 0.25) is 0 Å². The topological polar surface area (TPSA) is 58.7 Å². The Hall–Kier alpha value is -1.84. The maximum Gasteiger partial charge on any atom is 0.346 e. The first-order valence-corrected chi connectivity index (χ1v) is 6.36. The number of fused-ring (bicyclic) bond motifs is 2. The molecule has 2 N–H and O–H groups in total. The lowest BCUT2D eigenvalue weighted by Crippen LogP contribution is -2.49. The first-order chi connectivity index (χ1) is 8.59. The average molecular weight is 243 g/mol. The van der Waals surface area contributed by atoms with Gasteiger partial charge in [-0.1, -0.05) is 23.8 Å². The second-order valence-corrected chi connectivity index (χ2v) is 5.04. The average Bonchev–Trinajstić information content (AvgIpc) is 2.81. The molecule has 1 aromatic carbocycles. The number of hydrogen-bond donors (Lipinski definition) is 1. The number of amides is 2. The number of urea groups is 1. The Morgan fingerprint density at radius 3 is 3.00 bits per heavy atom. The van der Waals surface area contributed by atoms with Crippen LogP contribution in [0.5, 0.6) is 0 Å². The predicted octanol–water partition coefficient (Wildman–Crippen LogP) is 1.95. The van der Waals surface area contributed by atoms with Crippen LogP contribution in [-0.4, -0.2) is 23.3 Å². The molecule has 0 radical (unpaired) electrons. The molecule has 1 aliphatic heterocycles. The molecule has 1 heterocycles. The summed E-state index contributed by atoms with van der Waals surface area (Å²) in [6.07, 6.45) is 1.80. The van der Waals surface area contributed by atoms with E-state index < -0.39 is 5.54 Å². The molecule has 1 atom stereocenters. The molecule has 1 spiro atoms. The number of benzene rings is 1. The van der Waals surface area contributed by atoms with Gasteiger partial charge >= 0.3 is 6.03 Å². The largest absolute Gasteiger partial charge is 0.385 e. The fourth-order valence-corrected chi connectivity index (χ4v) is 3.25. The molecular weight excluding hydrogens is 226 g/mol. The number of carbonyl (C=O) groups excluding carboxylic acids is 1. The highest BCUT2D eigenvalue weighted by atomic mass is 16.2. The Bertz CT molecular complexity index is 564. The van der Waals surface area contributed by atoms with Crippen LogP contribution in [-0.2, 0) is 12.0 Å². The summed E-state index contributed by atoms with van der Waals surface area (Å²) in [6, 6.07) is 6.19. The van der Waals surface area contributed by atoms with E-state index in [4.69, 9.17) is 5.73 Å². The minimum absolute atomic E-state index is 0.204. The van der Waals surface area contributed by atoms with Gasteiger partial charge in [0.2, 0.25) is 0 Å². The highest BCUT2D eigenvalue weighted by Gasteiger charge is 2.52. The first kappa shape index (κ1) is 11.3. The Labute approximate surface area is 106 Å². The number of nitrogens with zero attached hydrogens (tertiary/aromatic N) is 2. The number of hydrogen-bond acceptors (Lipinski definition) is 2. The van der Waals surface area contributed by atoms with Gasteiger partial charge in [0.05, 0.1) is 0 Å². The second kappa shape index (κ2) is 3.57. The second-order valence-electron chi connectivity index (χ2n) is 5.04. The highest BCUT2D eigenvalue weighted by molar-refractivity contribution is 6.07. The van der Waals surface area contributed by atoms with Crippen LogP contribution in [0, 0.1) is 6.92 Å². The number of carbonyl (C=O) groups is 1. The van der Waals surface area contributed by atoms with Crippen molar-refractivity contribution in [3.05, 3.63) is 34.9 Å². The maximum absolute atomic E-state index is 11.9. The van der Waals surface area contributed by atoms with Crippen LogP contribution in [0.4, 0.5) is 4.79 Å². The SMILES string of the molecule is CCN1C(=O)N=C(N)C12CCc1ccc(C)cc12. The van der Waals surface area contributed by atoms with Gasteiger partial charge in [0.1, 0.15) is 11.4 Å². The van der Waals surface area contributed by atoms with E-state index in [1.165, 1.54) is 11.1 Å². The molecule has 4 nitrogen and oxygen atoms in total. The number of rotatable bonds is 1. The van der Waals surface area contributed by atoms with E-state index in [0.717, 1.165) is 18.4 Å². The molecule has 18 heavy (non-hydrogen) atoms. The van der Waals surface area contributed by atoms with Gasteiger partial charge in [-0.15, -0.1) is 0 Å². The van der Waals surface area contributed by atoms with Gasteiger partial charge in [-0.25, -0.2) is 4.79 Å². The van der Waals surface area contributed by atoms with Crippen molar-refractivity contribution in [1.82, 2.24) is 4.90 Å². The minimum atomic E-state index is -0.479. The van der Waals surface area contributed by atoms with Crippen LogP contribution in [0.1, 0.15) is 30.0 Å². The molecule has 0 aromatic heterocycles. The fourth-order valence-electron chi connectivity index (χ4n) is 3.25. The summed E-state index contributed by atoms with van der Waals surface area (Å²) in [5.74, 6) is 0.457. The van der Waals surface area contributed by atoms with E-state index in [9.17, 15) is 4.79 Å². The summed E-state index contributed by atoms with van der Waals surface area (Å²) in [5.41, 5.74) is 9.25. The zero-order valence-electron chi connectivity index (χ0n) is 10.7. The van der Waals surface area contributed by atoms with Crippen molar-refractivity contribution in [2.24, 2.45) is 10.7 Å². The molecule has 0 bridgehead atoms. The summed E-state index contributed by atoms with van der Waals surface area (Å²) in [4.78, 5) is 17.7. The molecular formula is C14H17N3O. The third kappa shape index (κ3) is 1.20. The lowest BCUT2D eigenvalue weighted by Gasteiger charge is -2.34. The van der Waals surface area contributed by atoms with E-state index in [1.807, 2.05) is 6.92 Å². The van der Waals surface area contributed by atoms with E-state index >= 15 is 0 Å². The van der Waals surface area contributed by atoms with Crippen LogP contribution < -0.4 is 5.73 Å². The fraction of sp³-hybridized carbons (Fsp3) is 0.429. The summed E-state index contributed by atoms with van der Waals surface area (Å²) < 4.78 is 0. The summed E-state index contributed by atoms with van der Waals surface area (Å²) in [5, 5.41) is 0. The van der Waals surface area contributed by atoms with Crippen molar-refractivity contribution in [3.8, 4) is 0 Å². The predicted molar refractivity (Wildman–Crippen MR) is 70.6 cm³/mol. The first-order valence-electron chi connectivity index (χ1n) is 6.36.